The van der Waals surface area contributed by atoms with Gasteiger partial charge in [0, 0.05) is 6.07 Å². The van der Waals surface area contributed by atoms with Crippen LogP contribution in [0.4, 0.5) is 5.69 Å². The van der Waals surface area contributed by atoms with Crippen molar-refractivity contribution < 1.29 is 23.7 Å². The molecule has 1 aromatic heterocycles. The van der Waals surface area contributed by atoms with Gasteiger partial charge in [-0.05, 0) is 68.3 Å². The molecule has 6 nitrogen and oxygen atoms in total. The molecule has 4 aromatic rings. The predicted octanol–water partition coefficient (Wildman–Crippen LogP) is 6.07. The summed E-state index contributed by atoms with van der Waals surface area (Å²) in [6, 6.07) is 16.6. The molecule has 0 radical (unpaired) electrons. The molecule has 0 atom stereocenters. The number of rotatable bonds is 6. The third-order valence-electron chi connectivity index (χ3n) is 5.47. The van der Waals surface area contributed by atoms with Gasteiger partial charge in [0.25, 0.3) is 0 Å². The molecule has 3 aromatic carbocycles. The average Bonchev–Trinajstić information content (AvgIpc) is 3.01. The minimum absolute atomic E-state index is 0.209. The van der Waals surface area contributed by atoms with Gasteiger partial charge in [0.2, 0.25) is 0 Å². The van der Waals surface area contributed by atoms with Crippen LogP contribution in [0.3, 0.4) is 0 Å². The molecule has 0 bridgehead atoms. The highest BCUT2D eigenvalue weighted by molar-refractivity contribution is 5.93. The van der Waals surface area contributed by atoms with Crippen LogP contribution in [0.15, 0.2) is 64.0 Å². The number of hydrogen-bond acceptors (Lipinski definition) is 6. The second-order valence-corrected chi connectivity index (χ2v) is 7.59. The summed E-state index contributed by atoms with van der Waals surface area (Å²) in [6.45, 7) is 6.32. The highest BCUT2D eigenvalue weighted by Crippen LogP contribution is 2.35. The van der Waals surface area contributed by atoms with Crippen LogP contribution in [0.25, 0.3) is 21.9 Å². The van der Waals surface area contributed by atoms with Crippen LogP contribution in [-0.4, -0.2) is 25.9 Å². The van der Waals surface area contributed by atoms with Crippen LogP contribution in [-0.2, 0) is 0 Å². The molecule has 4 rings (SSSR count). The molecule has 0 saturated heterocycles. The first-order valence-corrected chi connectivity index (χ1v) is 10.7. The van der Waals surface area contributed by atoms with Crippen molar-refractivity contribution >= 4 is 16.5 Å². The van der Waals surface area contributed by atoms with Crippen LogP contribution in [0.2, 0.25) is 0 Å². The molecule has 1 heterocycles. The van der Waals surface area contributed by atoms with Crippen molar-refractivity contribution in [2.45, 2.75) is 20.8 Å². The molecule has 0 fully saturated rings. The second-order valence-electron chi connectivity index (χ2n) is 7.59. The van der Waals surface area contributed by atoms with Crippen molar-refractivity contribution in [3.63, 3.8) is 0 Å². The van der Waals surface area contributed by atoms with Crippen LogP contribution in [0, 0.1) is 13.8 Å². The van der Waals surface area contributed by atoms with Crippen LogP contribution >= 0.6 is 0 Å². The zero-order valence-electron chi connectivity index (χ0n) is 19.4. The molecule has 0 unspecified atom stereocenters. The monoisotopic (exact) mass is 445 g/mol. The third kappa shape index (κ3) is 4.37. The fourth-order valence-corrected chi connectivity index (χ4v) is 3.95. The van der Waals surface area contributed by atoms with Crippen molar-refractivity contribution in [2.24, 2.45) is 4.99 Å². The van der Waals surface area contributed by atoms with Gasteiger partial charge < -0.3 is 23.7 Å². The van der Waals surface area contributed by atoms with Gasteiger partial charge in [0.1, 0.15) is 40.2 Å². The van der Waals surface area contributed by atoms with E-state index in [0.717, 1.165) is 38.8 Å². The predicted molar refractivity (Wildman–Crippen MR) is 129 cm³/mol. The lowest BCUT2D eigenvalue weighted by atomic mass is 10.1. The Balaban J connectivity index is 2.12. The first-order chi connectivity index (χ1) is 15.9. The molecule has 0 spiro atoms. The van der Waals surface area contributed by atoms with Crippen molar-refractivity contribution in [2.75, 3.05) is 20.8 Å². The summed E-state index contributed by atoms with van der Waals surface area (Å²) in [5.74, 6) is 3.73. The van der Waals surface area contributed by atoms with E-state index in [2.05, 4.69) is 0 Å². The minimum atomic E-state index is 0.209. The quantitative estimate of drug-likeness (QED) is 0.390. The van der Waals surface area contributed by atoms with E-state index >= 15 is 0 Å². The molecule has 33 heavy (non-hydrogen) atoms. The Morgan fingerprint density at radius 3 is 2.21 bits per heavy atom. The van der Waals surface area contributed by atoms with E-state index in [0.29, 0.717) is 29.5 Å². The summed E-state index contributed by atoms with van der Waals surface area (Å²) < 4.78 is 22.9. The number of hydrogen-bond donors (Lipinski definition) is 1. The zero-order valence-corrected chi connectivity index (χ0v) is 19.4. The Morgan fingerprint density at radius 2 is 1.55 bits per heavy atom. The van der Waals surface area contributed by atoms with E-state index in [4.69, 9.17) is 23.6 Å². The number of furan rings is 1. The van der Waals surface area contributed by atoms with Gasteiger partial charge in [0.05, 0.1) is 37.0 Å². The van der Waals surface area contributed by atoms with Gasteiger partial charge in [-0.25, -0.2) is 4.99 Å². The molecule has 6 heteroatoms. The number of methoxy groups -OCH3 is 2. The first kappa shape index (κ1) is 22.3. The van der Waals surface area contributed by atoms with E-state index in [1.54, 1.807) is 32.4 Å². The van der Waals surface area contributed by atoms with Gasteiger partial charge in [0.15, 0.2) is 0 Å². The van der Waals surface area contributed by atoms with Crippen molar-refractivity contribution in [1.29, 1.82) is 0 Å². The molecular formula is C27H27NO5. The first-order valence-electron chi connectivity index (χ1n) is 10.7. The van der Waals surface area contributed by atoms with Gasteiger partial charge in [-0.1, -0.05) is 12.1 Å². The fourth-order valence-electron chi connectivity index (χ4n) is 3.95. The van der Waals surface area contributed by atoms with Gasteiger partial charge in [-0.15, -0.1) is 0 Å². The van der Waals surface area contributed by atoms with Crippen molar-refractivity contribution in [3.8, 4) is 34.1 Å². The number of nitrogens with zero attached hydrogens (tertiary/aromatic N) is 1. The topological polar surface area (TPSA) is 73.4 Å². The SMILES string of the molecule is CCOc1cc(-c2ccc(O)cc2)cc(=Nc2ccc(OC)cc2OC)c2c(C)oc(C)c12. The van der Waals surface area contributed by atoms with Crippen molar-refractivity contribution in [3.05, 3.63) is 71.5 Å². The second kappa shape index (κ2) is 9.28. The Labute approximate surface area is 192 Å². The Bertz CT molecular complexity index is 1370. The molecule has 1 N–H and O–H groups in total. The number of fused-ring (bicyclic) bond motifs is 1. The van der Waals surface area contributed by atoms with Gasteiger partial charge in [-0.2, -0.15) is 0 Å². The summed E-state index contributed by atoms with van der Waals surface area (Å²) in [4.78, 5) is 4.99. The smallest absolute Gasteiger partial charge is 0.148 e. The zero-order chi connectivity index (χ0) is 23.5. The Morgan fingerprint density at radius 1 is 0.818 bits per heavy atom. The molecule has 0 aliphatic carbocycles. The molecule has 170 valence electrons. The summed E-state index contributed by atoms with van der Waals surface area (Å²) in [5.41, 5.74) is 2.50. The molecular weight excluding hydrogens is 418 g/mol. The number of ether oxygens (including phenoxy) is 3. The van der Waals surface area contributed by atoms with Gasteiger partial charge in [-0.3, -0.25) is 0 Å². The van der Waals surface area contributed by atoms with E-state index < -0.39 is 0 Å². The number of phenolic OH excluding ortho intramolecular Hbond substituents is 1. The summed E-state index contributed by atoms with van der Waals surface area (Å²) in [6.07, 6.45) is 0. The lowest BCUT2D eigenvalue weighted by Crippen LogP contribution is -2.01. The largest absolute Gasteiger partial charge is 0.508 e. The molecule has 0 aliphatic rings. The molecule has 0 aliphatic heterocycles. The van der Waals surface area contributed by atoms with Crippen LogP contribution in [0.1, 0.15) is 18.4 Å². The summed E-state index contributed by atoms with van der Waals surface area (Å²) in [7, 11) is 3.22. The fraction of sp³-hybridized carbons (Fsp3) is 0.222. The van der Waals surface area contributed by atoms with E-state index in [1.165, 1.54) is 0 Å². The van der Waals surface area contributed by atoms with Crippen molar-refractivity contribution in [1.82, 2.24) is 0 Å². The summed E-state index contributed by atoms with van der Waals surface area (Å²) >= 11 is 0. The Hall–Kier alpha value is -3.93. The van der Waals surface area contributed by atoms with Crippen LogP contribution < -0.4 is 19.6 Å². The molecule has 0 amide bonds. The Kier molecular flexibility index (Phi) is 6.27. The number of phenols is 1. The summed E-state index contributed by atoms with van der Waals surface area (Å²) in [5, 5.41) is 12.2. The normalized spacial score (nSPS) is 11.6. The highest BCUT2D eigenvalue weighted by atomic mass is 16.5. The standard InChI is InChI=1S/C27H27NO5/c1-6-32-25-14-19(18-7-9-20(29)10-8-18)13-23(26-16(2)33-17(3)27(25)26)28-22-12-11-21(30-4)15-24(22)31-5/h7-15,29H,6H2,1-5H3. The van der Waals surface area contributed by atoms with E-state index in [-0.39, 0.29) is 5.75 Å². The maximum absolute atomic E-state index is 9.76. The van der Waals surface area contributed by atoms with Gasteiger partial charge >= 0.3 is 0 Å². The lowest BCUT2D eigenvalue weighted by molar-refractivity contribution is 0.344. The highest BCUT2D eigenvalue weighted by Gasteiger charge is 2.16. The lowest BCUT2D eigenvalue weighted by Gasteiger charge is -2.06. The third-order valence-corrected chi connectivity index (χ3v) is 5.47. The minimum Gasteiger partial charge on any atom is -0.508 e. The maximum atomic E-state index is 9.76. The van der Waals surface area contributed by atoms with E-state index in [1.807, 2.05) is 57.2 Å². The number of aryl methyl sites for hydroxylation is 2. The van der Waals surface area contributed by atoms with E-state index in [9.17, 15) is 5.11 Å². The maximum Gasteiger partial charge on any atom is 0.148 e. The molecule has 0 saturated carbocycles. The number of aromatic hydroxyl groups is 1. The van der Waals surface area contributed by atoms with Crippen LogP contribution in [0.5, 0.6) is 23.0 Å². The average molecular weight is 446 g/mol. The number of benzene rings is 2.